The molecule has 6 nitrogen and oxygen atoms in total. The van der Waals surface area contributed by atoms with E-state index in [1.54, 1.807) is 23.9 Å². The van der Waals surface area contributed by atoms with E-state index in [9.17, 15) is 4.79 Å². The quantitative estimate of drug-likeness (QED) is 0.433. The Bertz CT molecular complexity index is 975. The van der Waals surface area contributed by atoms with Crippen molar-refractivity contribution in [2.24, 2.45) is 0 Å². The predicted octanol–water partition coefficient (Wildman–Crippen LogP) is 2.67. The lowest BCUT2D eigenvalue weighted by atomic mass is 10.1. The first-order valence-electron chi connectivity index (χ1n) is 7.72. The van der Waals surface area contributed by atoms with Gasteiger partial charge in [-0.2, -0.15) is 0 Å². The minimum Gasteiger partial charge on any atom is -0.494 e. The van der Waals surface area contributed by atoms with Crippen LogP contribution in [0.2, 0.25) is 0 Å². The van der Waals surface area contributed by atoms with Gasteiger partial charge < -0.3 is 4.74 Å². The van der Waals surface area contributed by atoms with Crippen LogP contribution in [0.4, 0.5) is 0 Å². The average molecular weight is 345 g/mol. The Morgan fingerprint density at radius 3 is 2.54 bits per heavy atom. The molecule has 26 heavy (non-hydrogen) atoms. The molecule has 0 fully saturated rings. The van der Waals surface area contributed by atoms with Crippen LogP contribution in [0.5, 0.6) is 5.75 Å². The van der Waals surface area contributed by atoms with Crippen LogP contribution in [0, 0.1) is 11.8 Å². The lowest BCUT2D eigenvalue weighted by Gasteiger charge is -2.08. The number of rotatable bonds is 3. The number of methoxy groups -OCH3 is 1. The van der Waals surface area contributed by atoms with E-state index in [2.05, 4.69) is 21.8 Å². The van der Waals surface area contributed by atoms with E-state index in [4.69, 9.17) is 9.94 Å². The molecule has 0 aliphatic carbocycles. The molecular weight excluding hydrogens is 330 g/mol. The van der Waals surface area contributed by atoms with E-state index in [-0.39, 0.29) is 11.3 Å². The molecule has 2 N–H and O–H groups in total. The minimum atomic E-state index is -0.663. The van der Waals surface area contributed by atoms with E-state index in [0.717, 1.165) is 16.7 Å². The van der Waals surface area contributed by atoms with Gasteiger partial charge in [0.25, 0.3) is 5.91 Å². The second kappa shape index (κ2) is 7.92. The number of carbonyl (C=O) groups is 1. The maximum Gasteiger partial charge on any atom is 0.278 e. The Labute approximate surface area is 150 Å². The van der Waals surface area contributed by atoms with Gasteiger partial charge in [0.15, 0.2) is 0 Å². The fraction of sp³-hybridized carbons (Fsp3) is 0.0500. The van der Waals surface area contributed by atoms with Crippen molar-refractivity contribution in [1.29, 1.82) is 0 Å². The maximum absolute atomic E-state index is 11.8. The summed E-state index contributed by atoms with van der Waals surface area (Å²) in [6.45, 7) is 0. The third kappa shape index (κ3) is 3.86. The molecule has 0 aliphatic heterocycles. The molecule has 0 unspecified atom stereocenters. The van der Waals surface area contributed by atoms with Gasteiger partial charge in [-0.05, 0) is 30.3 Å². The van der Waals surface area contributed by atoms with E-state index in [1.165, 1.54) is 13.3 Å². The first-order chi connectivity index (χ1) is 12.7. The molecule has 2 heterocycles. The van der Waals surface area contributed by atoms with Crippen molar-refractivity contribution >= 4 is 5.91 Å². The normalized spacial score (nSPS) is 9.77. The van der Waals surface area contributed by atoms with Crippen molar-refractivity contribution in [2.75, 3.05) is 7.11 Å². The number of pyridine rings is 2. The SMILES string of the molecule is COc1cnc(-c2ccc(C#Cc3cccnc3)cc2)cc1C(=O)NO. The third-order valence-electron chi connectivity index (χ3n) is 3.63. The summed E-state index contributed by atoms with van der Waals surface area (Å²) in [6, 6.07) is 12.8. The van der Waals surface area contributed by atoms with Crippen LogP contribution in [0.1, 0.15) is 21.5 Å². The Morgan fingerprint density at radius 1 is 1.12 bits per heavy atom. The number of aromatic nitrogens is 2. The van der Waals surface area contributed by atoms with Crippen molar-refractivity contribution in [1.82, 2.24) is 15.4 Å². The van der Waals surface area contributed by atoms with Gasteiger partial charge in [-0.1, -0.05) is 24.0 Å². The monoisotopic (exact) mass is 345 g/mol. The van der Waals surface area contributed by atoms with Crippen LogP contribution >= 0.6 is 0 Å². The summed E-state index contributed by atoms with van der Waals surface area (Å²) in [5.41, 5.74) is 4.88. The van der Waals surface area contributed by atoms with Crippen LogP contribution in [0.15, 0.2) is 61.1 Å². The summed E-state index contributed by atoms with van der Waals surface area (Å²) in [4.78, 5) is 20.1. The molecule has 128 valence electrons. The number of benzene rings is 1. The van der Waals surface area contributed by atoms with E-state index < -0.39 is 5.91 Å². The molecule has 0 bridgehead atoms. The van der Waals surface area contributed by atoms with E-state index in [0.29, 0.717) is 5.69 Å². The first kappa shape index (κ1) is 17.1. The number of nitrogens with one attached hydrogen (secondary N) is 1. The topological polar surface area (TPSA) is 84.3 Å². The van der Waals surface area contributed by atoms with Crippen LogP contribution in [-0.2, 0) is 0 Å². The number of hydroxylamine groups is 1. The molecule has 6 heteroatoms. The lowest BCUT2D eigenvalue weighted by Crippen LogP contribution is -2.19. The van der Waals surface area contributed by atoms with Gasteiger partial charge in [0.05, 0.1) is 24.6 Å². The molecular formula is C20H15N3O3. The summed E-state index contributed by atoms with van der Waals surface area (Å²) in [6.07, 6.45) is 4.85. The molecule has 0 saturated heterocycles. The highest BCUT2D eigenvalue weighted by molar-refractivity contribution is 5.97. The fourth-order valence-electron chi connectivity index (χ4n) is 2.31. The minimum absolute atomic E-state index is 0.195. The smallest absolute Gasteiger partial charge is 0.278 e. The maximum atomic E-state index is 11.8. The molecule has 0 saturated carbocycles. The van der Waals surface area contributed by atoms with Crippen LogP contribution in [0.25, 0.3) is 11.3 Å². The Balaban J connectivity index is 1.87. The molecule has 0 aliphatic rings. The fourth-order valence-corrected chi connectivity index (χ4v) is 2.31. The summed E-state index contributed by atoms with van der Waals surface area (Å²) in [5.74, 6) is 5.73. The highest BCUT2D eigenvalue weighted by atomic mass is 16.5. The third-order valence-corrected chi connectivity index (χ3v) is 3.63. The second-order valence-corrected chi connectivity index (χ2v) is 5.28. The van der Waals surface area contributed by atoms with Gasteiger partial charge in [-0.15, -0.1) is 0 Å². The van der Waals surface area contributed by atoms with Gasteiger partial charge >= 0.3 is 0 Å². The summed E-state index contributed by atoms with van der Waals surface area (Å²) >= 11 is 0. The predicted molar refractivity (Wildman–Crippen MR) is 95.7 cm³/mol. The Hall–Kier alpha value is -3.69. The molecule has 2 aromatic heterocycles. The highest BCUT2D eigenvalue weighted by Gasteiger charge is 2.14. The number of nitrogens with zero attached hydrogens (tertiary/aromatic N) is 2. The molecule has 0 radical (unpaired) electrons. The number of carbonyl (C=O) groups excluding carboxylic acids is 1. The number of hydrogen-bond donors (Lipinski definition) is 2. The van der Waals surface area contributed by atoms with Crippen LogP contribution in [-0.4, -0.2) is 28.2 Å². The van der Waals surface area contributed by atoms with E-state index in [1.807, 2.05) is 36.4 Å². The molecule has 1 amide bonds. The first-order valence-corrected chi connectivity index (χ1v) is 7.72. The molecule has 1 aromatic carbocycles. The zero-order valence-electron chi connectivity index (χ0n) is 13.9. The van der Waals surface area contributed by atoms with Crippen LogP contribution in [0.3, 0.4) is 0 Å². The lowest BCUT2D eigenvalue weighted by molar-refractivity contribution is 0.0703. The Morgan fingerprint density at radius 2 is 1.88 bits per heavy atom. The Kier molecular flexibility index (Phi) is 5.22. The average Bonchev–Trinajstić information content (AvgIpc) is 2.72. The molecule has 3 aromatic rings. The van der Waals surface area contributed by atoms with Gasteiger partial charge in [-0.3, -0.25) is 20.0 Å². The van der Waals surface area contributed by atoms with Crippen LogP contribution < -0.4 is 10.2 Å². The molecule has 0 atom stereocenters. The number of amides is 1. The van der Waals surface area contributed by atoms with Gasteiger partial charge in [0, 0.05) is 29.1 Å². The largest absolute Gasteiger partial charge is 0.494 e. The van der Waals surface area contributed by atoms with Gasteiger partial charge in [-0.25, -0.2) is 5.48 Å². The van der Waals surface area contributed by atoms with E-state index >= 15 is 0 Å². The summed E-state index contributed by atoms with van der Waals surface area (Å²) < 4.78 is 5.09. The molecule has 0 spiro atoms. The van der Waals surface area contributed by atoms with Gasteiger partial charge in [0.2, 0.25) is 0 Å². The van der Waals surface area contributed by atoms with Gasteiger partial charge in [0.1, 0.15) is 5.75 Å². The van der Waals surface area contributed by atoms with Crippen molar-refractivity contribution in [3.05, 3.63) is 77.7 Å². The van der Waals surface area contributed by atoms with Crippen molar-refractivity contribution in [3.63, 3.8) is 0 Å². The second-order valence-electron chi connectivity index (χ2n) is 5.28. The zero-order valence-corrected chi connectivity index (χ0v) is 13.9. The number of ether oxygens (including phenoxy) is 1. The summed E-state index contributed by atoms with van der Waals surface area (Å²) in [7, 11) is 1.43. The number of hydrogen-bond acceptors (Lipinski definition) is 5. The zero-order chi connectivity index (χ0) is 18.4. The van der Waals surface area contributed by atoms with Crippen molar-refractivity contribution < 1.29 is 14.7 Å². The highest BCUT2D eigenvalue weighted by Crippen LogP contribution is 2.24. The standard InChI is InChI=1S/C20H15N3O3/c1-26-19-13-22-18(11-17(19)20(24)23-25)16-8-6-14(7-9-16)4-5-15-3-2-10-21-12-15/h2-3,6-13,25H,1H3,(H,23,24). The van der Waals surface area contributed by atoms with Crippen molar-refractivity contribution in [2.45, 2.75) is 0 Å². The summed E-state index contributed by atoms with van der Waals surface area (Å²) in [5, 5.41) is 8.86. The van der Waals surface area contributed by atoms with Crippen molar-refractivity contribution in [3.8, 4) is 28.8 Å². The molecule has 3 rings (SSSR count).